The van der Waals surface area contributed by atoms with Crippen molar-refractivity contribution in [1.29, 1.82) is 0 Å². The summed E-state index contributed by atoms with van der Waals surface area (Å²) < 4.78 is 48.9. The average molecular weight is 572 g/mol. The third kappa shape index (κ3) is 6.24. The standard InChI is InChI=1S/C30H38FN3O5S/c1-21-7-10-28(22-5-3-2-4-6-22)40(37,38)34(21)20-25-8-9-26(19-27(25)31)32-29(35)23-11-15-33(16-12-23)30(36)24-13-17-39-18-14-24/h2-6,8-9,19,21,23-24,28H,7,10-18,20H2,1H3,(H,32,35)/t21-,28?/m0/s1. The number of nitrogens with one attached hydrogen (secondary N) is 1. The smallest absolute Gasteiger partial charge is 0.227 e. The second-order valence-corrected chi connectivity index (χ2v) is 13.3. The number of rotatable bonds is 6. The van der Waals surface area contributed by atoms with E-state index in [-0.39, 0.29) is 41.8 Å². The second kappa shape index (κ2) is 12.4. The van der Waals surface area contributed by atoms with Crippen LogP contribution in [0.4, 0.5) is 10.1 Å². The van der Waals surface area contributed by atoms with Crippen LogP contribution in [-0.2, 0) is 30.9 Å². The van der Waals surface area contributed by atoms with Crippen LogP contribution in [0, 0.1) is 17.7 Å². The summed E-state index contributed by atoms with van der Waals surface area (Å²) in [6.07, 6.45) is 3.84. The van der Waals surface area contributed by atoms with Gasteiger partial charge in [-0.05, 0) is 63.1 Å². The number of piperidine rings is 1. The number of carbonyl (C=O) groups excluding carboxylic acids is 2. The molecule has 0 aromatic heterocycles. The van der Waals surface area contributed by atoms with Crippen LogP contribution in [0.2, 0.25) is 0 Å². The summed E-state index contributed by atoms with van der Waals surface area (Å²) in [6, 6.07) is 13.3. The summed E-state index contributed by atoms with van der Waals surface area (Å²) in [5, 5.41) is 2.17. The van der Waals surface area contributed by atoms with Crippen molar-refractivity contribution in [1.82, 2.24) is 9.21 Å². The monoisotopic (exact) mass is 571 g/mol. The zero-order valence-electron chi connectivity index (χ0n) is 22.9. The van der Waals surface area contributed by atoms with Gasteiger partial charge in [0.05, 0.1) is 0 Å². The lowest BCUT2D eigenvalue weighted by molar-refractivity contribution is -0.141. The van der Waals surface area contributed by atoms with Crippen molar-refractivity contribution < 1.29 is 27.1 Å². The molecule has 3 heterocycles. The van der Waals surface area contributed by atoms with Gasteiger partial charge in [-0.3, -0.25) is 9.59 Å². The first-order valence-electron chi connectivity index (χ1n) is 14.3. The third-order valence-corrected chi connectivity index (χ3v) is 11.0. The van der Waals surface area contributed by atoms with Gasteiger partial charge in [-0.15, -0.1) is 0 Å². The van der Waals surface area contributed by atoms with E-state index >= 15 is 4.39 Å². The number of ether oxygens (including phenoxy) is 1. The highest BCUT2D eigenvalue weighted by Gasteiger charge is 2.40. The highest BCUT2D eigenvalue weighted by atomic mass is 32.2. The Balaban J connectivity index is 1.18. The molecule has 1 N–H and O–H groups in total. The van der Waals surface area contributed by atoms with E-state index in [2.05, 4.69) is 5.32 Å². The Bertz CT molecular complexity index is 1310. The van der Waals surface area contributed by atoms with Gasteiger partial charge >= 0.3 is 0 Å². The zero-order valence-corrected chi connectivity index (χ0v) is 23.7. The fourth-order valence-corrected chi connectivity index (χ4v) is 8.27. The van der Waals surface area contributed by atoms with Gasteiger partial charge < -0.3 is 15.0 Å². The summed E-state index contributed by atoms with van der Waals surface area (Å²) in [7, 11) is -3.68. The molecule has 5 rings (SSSR count). The summed E-state index contributed by atoms with van der Waals surface area (Å²) in [5.74, 6) is -0.842. The van der Waals surface area contributed by atoms with Crippen LogP contribution in [0.3, 0.4) is 0 Å². The lowest BCUT2D eigenvalue weighted by Crippen LogP contribution is -2.45. The van der Waals surface area contributed by atoms with Crippen molar-refractivity contribution in [3.63, 3.8) is 0 Å². The minimum Gasteiger partial charge on any atom is -0.381 e. The Morgan fingerprint density at radius 1 is 0.950 bits per heavy atom. The molecule has 0 aliphatic carbocycles. The van der Waals surface area contributed by atoms with Crippen LogP contribution in [0.5, 0.6) is 0 Å². The number of hydrogen-bond acceptors (Lipinski definition) is 5. The quantitative estimate of drug-likeness (QED) is 0.552. The van der Waals surface area contributed by atoms with E-state index in [0.717, 1.165) is 18.4 Å². The number of nitrogens with zero attached hydrogens (tertiary/aromatic N) is 2. The van der Waals surface area contributed by atoms with Gasteiger partial charge in [0.1, 0.15) is 11.1 Å². The summed E-state index contributed by atoms with van der Waals surface area (Å²) in [6.45, 7) is 4.10. The highest BCUT2D eigenvalue weighted by molar-refractivity contribution is 7.89. The van der Waals surface area contributed by atoms with Crippen LogP contribution in [0.15, 0.2) is 48.5 Å². The molecule has 8 nitrogen and oxygen atoms in total. The van der Waals surface area contributed by atoms with Crippen LogP contribution in [0.25, 0.3) is 0 Å². The molecular formula is C30H38FN3O5S. The highest BCUT2D eigenvalue weighted by Crippen LogP contribution is 2.38. The molecule has 1 unspecified atom stereocenters. The number of amides is 2. The molecule has 2 amide bonds. The summed E-state index contributed by atoms with van der Waals surface area (Å²) >= 11 is 0. The fourth-order valence-electron chi connectivity index (χ4n) is 6.08. The molecule has 2 aromatic rings. The molecule has 0 bridgehead atoms. The number of benzene rings is 2. The van der Waals surface area contributed by atoms with E-state index in [1.165, 1.54) is 10.4 Å². The molecule has 0 radical (unpaired) electrons. The molecule has 216 valence electrons. The Morgan fingerprint density at radius 3 is 2.33 bits per heavy atom. The first kappa shape index (κ1) is 28.7. The zero-order chi connectivity index (χ0) is 28.3. The lowest BCUT2D eigenvalue weighted by atomic mass is 9.93. The topological polar surface area (TPSA) is 96.0 Å². The van der Waals surface area contributed by atoms with Crippen molar-refractivity contribution in [2.75, 3.05) is 31.6 Å². The van der Waals surface area contributed by atoms with E-state index in [9.17, 15) is 18.0 Å². The fraction of sp³-hybridized carbons (Fsp3) is 0.533. The van der Waals surface area contributed by atoms with Crippen LogP contribution in [0.1, 0.15) is 61.8 Å². The van der Waals surface area contributed by atoms with Crippen molar-refractivity contribution in [2.24, 2.45) is 11.8 Å². The van der Waals surface area contributed by atoms with Gasteiger partial charge in [0.15, 0.2) is 0 Å². The normalized spacial score (nSPS) is 24.5. The SMILES string of the molecule is C[C@H]1CCC(c2ccccc2)S(=O)(=O)N1Cc1ccc(NC(=O)C2CCN(C(=O)C3CCOCC3)CC2)cc1F. The van der Waals surface area contributed by atoms with Gasteiger partial charge in [-0.1, -0.05) is 36.4 Å². The maximum Gasteiger partial charge on any atom is 0.227 e. The minimum atomic E-state index is -3.68. The van der Waals surface area contributed by atoms with E-state index in [1.54, 1.807) is 12.1 Å². The molecular weight excluding hydrogens is 533 g/mol. The van der Waals surface area contributed by atoms with Crippen molar-refractivity contribution in [3.8, 4) is 0 Å². The van der Waals surface area contributed by atoms with E-state index < -0.39 is 21.1 Å². The molecule has 2 atom stereocenters. The van der Waals surface area contributed by atoms with Crippen molar-refractivity contribution in [2.45, 2.75) is 63.3 Å². The van der Waals surface area contributed by atoms with Gasteiger partial charge in [0.25, 0.3) is 0 Å². The predicted molar refractivity (Wildman–Crippen MR) is 150 cm³/mol. The van der Waals surface area contributed by atoms with Gasteiger partial charge in [0, 0.05) is 62.0 Å². The van der Waals surface area contributed by atoms with Crippen molar-refractivity contribution in [3.05, 3.63) is 65.5 Å². The lowest BCUT2D eigenvalue weighted by Gasteiger charge is -2.37. The van der Waals surface area contributed by atoms with Gasteiger partial charge in [-0.25, -0.2) is 12.8 Å². The largest absolute Gasteiger partial charge is 0.381 e. The number of anilines is 1. The number of carbonyl (C=O) groups is 2. The maximum atomic E-state index is 15.2. The molecule has 0 saturated carbocycles. The Morgan fingerprint density at radius 2 is 1.65 bits per heavy atom. The summed E-state index contributed by atoms with van der Waals surface area (Å²) in [4.78, 5) is 27.5. The minimum absolute atomic E-state index is 0.00718. The number of halogens is 1. The van der Waals surface area contributed by atoms with Crippen LogP contribution >= 0.6 is 0 Å². The third-order valence-electron chi connectivity index (χ3n) is 8.59. The Labute approximate surface area is 235 Å². The van der Waals surface area contributed by atoms with Crippen molar-refractivity contribution >= 4 is 27.5 Å². The number of likely N-dealkylation sites (tertiary alicyclic amines) is 1. The second-order valence-electron chi connectivity index (χ2n) is 11.2. The molecule has 2 aromatic carbocycles. The number of sulfonamides is 1. The molecule has 3 aliphatic rings. The van der Waals surface area contributed by atoms with Gasteiger partial charge in [0.2, 0.25) is 21.8 Å². The molecule has 0 spiro atoms. The van der Waals surface area contributed by atoms with Crippen LogP contribution < -0.4 is 5.32 Å². The summed E-state index contributed by atoms with van der Waals surface area (Å²) in [5.41, 5.74) is 1.35. The van der Waals surface area contributed by atoms with E-state index in [0.29, 0.717) is 57.7 Å². The average Bonchev–Trinajstić information content (AvgIpc) is 2.96. The first-order chi connectivity index (χ1) is 19.2. The molecule has 3 fully saturated rings. The molecule has 3 saturated heterocycles. The van der Waals surface area contributed by atoms with E-state index in [1.807, 2.05) is 42.2 Å². The molecule has 40 heavy (non-hydrogen) atoms. The number of hydrogen-bond donors (Lipinski definition) is 1. The Hall–Kier alpha value is -2.82. The molecule has 10 heteroatoms. The Kier molecular flexibility index (Phi) is 8.87. The van der Waals surface area contributed by atoms with Gasteiger partial charge in [-0.2, -0.15) is 4.31 Å². The van der Waals surface area contributed by atoms with Crippen LogP contribution in [-0.4, -0.2) is 61.8 Å². The first-order valence-corrected chi connectivity index (χ1v) is 15.8. The van der Waals surface area contributed by atoms with E-state index in [4.69, 9.17) is 4.74 Å². The predicted octanol–water partition coefficient (Wildman–Crippen LogP) is 4.48. The maximum absolute atomic E-state index is 15.2. The molecule has 3 aliphatic heterocycles.